The van der Waals surface area contributed by atoms with Crippen LogP contribution in [0.2, 0.25) is 0 Å². The van der Waals surface area contributed by atoms with Gasteiger partial charge in [0.05, 0.1) is 11.9 Å². The zero-order valence-corrected chi connectivity index (χ0v) is 6.80. The highest BCUT2D eigenvalue weighted by atomic mass is 15.3. The standard InChI is InChI=1S/C8H13N3/c1-11-8-6-9-4-2-3-7(8)5-10-11/h5,9H,2-4,6H2,1H3. The molecule has 1 aromatic rings. The Kier molecular flexibility index (Phi) is 1.66. The number of aromatic nitrogens is 2. The molecule has 2 heterocycles. The highest BCUT2D eigenvalue weighted by molar-refractivity contribution is 5.18. The lowest BCUT2D eigenvalue weighted by molar-refractivity contribution is 0.630. The molecule has 1 aromatic heterocycles. The van der Waals surface area contributed by atoms with Gasteiger partial charge < -0.3 is 5.32 Å². The van der Waals surface area contributed by atoms with E-state index in [1.165, 1.54) is 24.1 Å². The topological polar surface area (TPSA) is 29.9 Å². The molecule has 0 aliphatic carbocycles. The van der Waals surface area contributed by atoms with Crippen LogP contribution >= 0.6 is 0 Å². The lowest BCUT2D eigenvalue weighted by atomic mass is 10.1. The van der Waals surface area contributed by atoms with Gasteiger partial charge in [-0.15, -0.1) is 0 Å². The number of aryl methyl sites for hydroxylation is 2. The average Bonchev–Trinajstić information content (AvgIpc) is 2.25. The zero-order chi connectivity index (χ0) is 7.68. The summed E-state index contributed by atoms with van der Waals surface area (Å²) >= 11 is 0. The van der Waals surface area contributed by atoms with Crippen LogP contribution in [-0.2, 0) is 20.0 Å². The van der Waals surface area contributed by atoms with Crippen LogP contribution < -0.4 is 5.32 Å². The van der Waals surface area contributed by atoms with E-state index in [1.807, 2.05) is 17.9 Å². The molecule has 2 rings (SSSR count). The first-order valence-corrected chi connectivity index (χ1v) is 4.08. The molecule has 3 heteroatoms. The number of rotatable bonds is 0. The van der Waals surface area contributed by atoms with Crippen LogP contribution in [0.25, 0.3) is 0 Å². The summed E-state index contributed by atoms with van der Waals surface area (Å²) in [5.41, 5.74) is 2.76. The zero-order valence-electron chi connectivity index (χ0n) is 6.80. The van der Waals surface area contributed by atoms with Crippen molar-refractivity contribution in [1.82, 2.24) is 15.1 Å². The van der Waals surface area contributed by atoms with E-state index in [1.54, 1.807) is 0 Å². The normalized spacial score (nSPS) is 17.5. The van der Waals surface area contributed by atoms with Crippen molar-refractivity contribution in [2.45, 2.75) is 19.4 Å². The van der Waals surface area contributed by atoms with E-state index in [-0.39, 0.29) is 0 Å². The number of fused-ring (bicyclic) bond motifs is 1. The van der Waals surface area contributed by atoms with E-state index in [0.717, 1.165) is 13.1 Å². The molecule has 0 spiro atoms. The molecule has 0 aromatic carbocycles. The summed E-state index contributed by atoms with van der Waals surface area (Å²) in [4.78, 5) is 0. The van der Waals surface area contributed by atoms with Gasteiger partial charge in [0.2, 0.25) is 0 Å². The molecule has 11 heavy (non-hydrogen) atoms. The summed E-state index contributed by atoms with van der Waals surface area (Å²) in [6.45, 7) is 2.11. The predicted octanol–water partition coefficient (Wildman–Crippen LogP) is 0.456. The third kappa shape index (κ3) is 1.16. The van der Waals surface area contributed by atoms with Crippen molar-refractivity contribution in [2.24, 2.45) is 7.05 Å². The summed E-state index contributed by atoms with van der Waals surface area (Å²) in [5, 5.41) is 7.59. The van der Waals surface area contributed by atoms with E-state index >= 15 is 0 Å². The molecule has 1 N–H and O–H groups in total. The van der Waals surface area contributed by atoms with Gasteiger partial charge in [0.25, 0.3) is 0 Å². The second-order valence-corrected chi connectivity index (χ2v) is 3.02. The van der Waals surface area contributed by atoms with Crippen LogP contribution in [0.3, 0.4) is 0 Å². The minimum absolute atomic E-state index is 0.978. The van der Waals surface area contributed by atoms with Crippen molar-refractivity contribution in [3.63, 3.8) is 0 Å². The lowest BCUT2D eigenvalue weighted by Crippen LogP contribution is -2.14. The molecule has 0 atom stereocenters. The summed E-state index contributed by atoms with van der Waals surface area (Å²) < 4.78 is 1.97. The van der Waals surface area contributed by atoms with Crippen LogP contribution in [0.5, 0.6) is 0 Å². The van der Waals surface area contributed by atoms with E-state index in [4.69, 9.17) is 0 Å². The Morgan fingerprint density at radius 2 is 2.55 bits per heavy atom. The first-order valence-electron chi connectivity index (χ1n) is 4.08. The lowest BCUT2D eigenvalue weighted by Gasteiger charge is -2.00. The molecule has 60 valence electrons. The summed E-state index contributed by atoms with van der Waals surface area (Å²) in [7, 11) is 2.01. The Hall–Kier alpha value is -0.830. The fourth-order valence-corrected chi connectivity index (χ4v) is 1.56. The van der Waals surface area contributed by atoms with E-state index in [0.29, 0.717) is 0 Å². The quantitative estimate of drug-likeness (QED) is 0.583. The molecular formula is C8H13N3. The Morgan fingerprint density at radius 3 is 3.45 bits per heavy atom. The maximum Gasteiger partial charge on any atom is 0.0550 e. The average molecular weight is 151 g/mol. The van der Waals surface area contributed by atoms with Gasteiger partial charge in [-0.1, -0.05) is 0 Å². The van der Waals surface area contributed by atoms with Crippen molar-refractivity contribution < 1.29 is 0 Å². The van der Waals surface area contributed by atoms with E-state index in [9.17, 15) is 0 Å². The summed E-state index contributed by atoms with van der Waals surface area (Å²) in [6.07, 6.45) is 4.40. The second kappa shape index (κ2) is 2.66. The summed E-state index contributed by atoms with van der Waals surface area (Å²) in [6, 6.07) is 0. The maximum atomic E-state index is 4.22. The number of nitrogens with zero attached hydrogens (tertiary/aromatic N) is 2. The smallest absolute Gasteiger partial charge is 0.0550 e. The fraction of sp³-hybridized carbons (Fsp3) is 0.625. The van der Waals surface area contributed by atoms with Crippen molar-refractivity contribution in [3.8, 4) is 0 Å². The SMILES string of the molecule is Cn1ncc2c1CNCCC2. The molecule has 0 bridgehead atoms. The van der Waals surface area contributed by atoms with Gasteiger partial charge in [-0.05, 0) is 24.9 Å². The van der Waals surface area contributed by atoms with Crippen LogP contribution in [-0.4, -0.2) is 16.3 Å². The first kappa shape index (κ1) is 6.85. The number of hydrogen-bond donors (Lipinski definition) is 1. The summed E-state index contributed by atoms with van der Waals surface area (Å²) in [5.74, 6) is 0. The second-order valence-electron chi connectivity index (χ2n) is 3.02. The minimum Gasteiger partial charge on any atom is -0.311 e. The number of nitrogens with one attached hydrogen (secondary N) is 1. The molecule has 1 aliphatic heterocycles. The van der Waals surface area contributed by atoms with Crippen LogP contribution in [0.15, 0.2) is 6.20 Å². The molecular weight excluding hydrogens is 138 g/mol. The van der Waals surface area contributed by atoms with Gasteiger partial charge in [-0.3, -0.25) is 4.68 Å². The molecule has 0 saturated heterocycles. The van der Waals surface area contributed by atoms with Gasteiger partial charge >= 0.3 is 0 Å². The van der Waals surface area contributed by atoms with Crippen molar-refractivity contribution in [2.75, 3.05) is 6.54 Å². The largest absolute Gasteiger partial charge is 0.311 e. The Labute approximate surface area is 66.4 Å². The Bertz CT molecular complexity index is 252. The van der Waals surface area contributed by atoms with Gasteiger partial charge in [0.1, 0.15) is 0 Å². The highest BCUT2D eigenvalue weighted by Gasteiger charge is 2.10. The highest BCUT2D eigenvalue weighted by Crippen LogP contribution is 2.11. The molecule has 0 radical (unpaired) electrons. The molecule has 1 aliphatic rings. The van der Waals surface area contributed by atoms with Crippen LogP contribution in [0.4, 0.5) is 0 Å². The Balaban J connectivity index is 2.35. The van der Waals surface area contributed by atoms with Gasteiger partial charge in [-0.2, -0.15) is 5.10 Å². The first-order chi connectivity index (χ1) is 5.38. The monoisotopic (exact) mass is 151 g/mol. The fourth-order valence-electron chi connectivity index (χ4n) is 1.56. The van der Waals surface area contributed by atoms with Crippen molar-refractivity contribution in [3.05, 3.63) is 17.5 Å². The van der Waals surface area contributed by atoms with E-state index < -0.39 is 0 Å². The van der Waals surface area contributed by atoms with Gasteiger partial charge in [0, 0.05) is 13.6 Å². The van der Waals surface area contributed by atoms with Crippen molar-refractivity contribution in [1.29, 1.82) is 0 Å². The van der Waals surface area contributed by atoms with Crippen LogP contribution in [0.1, 0.15) is 17.7 Å². The maximum absolute atomic E-state index is 4.22. The van der Waals surface area contributed by atoms with Crippen LogP contribution in [0, 0.1) is 0 Å². The van der Waals surface area contributed by atoms with Gasteiger partial charge in [0.15, 0.2) is 0 Å². The molecule has 3 nitrogen and oxygen atoms in total. The molecule has 0 fully saturated rings. The Morgan fingerprint density at radius 1 is 1.64 bits per heavy atom. The van der Waals surface area contributed by atoms with Crippen molar-refractivity contribution >= 4 is 0 Å². The van der Waals surface area contributed by atoms with Gasteiger partial charge in [-0.25, -0.2) is 0 Å². The molecule has 0 unspecified atom stereocenters. The predicted molar refractivity (Wildman–Crippen MR) is 43.2 cm³/mol. The third-order valence-electron chi connectivity index (χ3n) is 2.24. The number of hydrogen-bond acceptors (Lipinski definition) is 2. The van der Waals surface area contributed by atoms with E-state index in [2.05, 4.69) is 10.4 Å². The molecule has 0 saturated carbocycles. The molecule has 0 amide bonds. The third-order valence-corrected chi connectivity index (χ3v) is 2.24. The minimum atomic E-state index is 0.978.